The number of hydrogen-bond acceptors (Lipinski definition) is 6. The molecule has 2 heterocycles. The van der Waals surface area contributed by atoms with Gasteiger partial charge in [-0.3, -0.25) is 14.6 Å². The molecule has 6 nitrogen and oxygen atoms in total. The quantitative estimate of drug-likeness (QED) is 0.204. The Bertz CT molecular complexity index is 1260. The number of alkyl halides is 3. The van der Waals surface area contributed by atoms with E-state index in [9.17, 15) is 27.2 Å². The summed E-state index contributed by atoms with van der Waals surface area (Å²) in [6, 6.07) is 19.3. The number of nitrogens with one attached hydrogen (secondary N) is 1. The summed E-state index contributed by atoms with van der Waals surface area (Å²) in [5, 5.41) is 3.16. The number of morpholine rings is 1. The molecule has 0 amide bonds. The maximum atomic E-state index is 14.9. The fourth-order valence-electron chi connectivity index (χ4n) is 5.02. The summed E-state index contributed by atoms with van der Waals surface area (Å²) in [4.78, 5) is 28.8. The number of carbonyl (C=O) groups is 2. The normalized spacial score (nSPS) is 17.3. The van der Waals surface area contributed by atoms with E-state index < -0.39 is 30.8 Å². The molecule has 1 fully saturated rings. The Kier molecular flexibility index (Phi) is 11.2. The number of Topliss-reactive ketones (excluding diaryl/α,β-unsaturated/α-hetero) is 1. The molecule has 1 aliphatic heterocycles. The number of esters is 1. The summed E-state index contributed by atoms with van der Waals surface area (Å²) >= 11 is 0. The van der Waals surface area contributed by atoms with Crippen LogP contribution in [0.25, 0.3) is 0 Å². The first-order chi connectivity index (χ1) is 20.2. The summed E-state index contributed by atoms with van der Waals surface area (Å²) in [6.45, 7) is 0.505. The van der Waals surface area contributed by atoms with Gasteiger partial charge in [-0.15, -0.1) is 0 Å². The van der Waals surface area contributed by atoms with Crippen LogP contribution < -0.4 is 5.32 Å². The molecule has 0 spiro atoms. The number of carbonyl (C=O) groups excluding carboxylic acids is 2. The molecule has 2 aromatic carbocycles. The zero-order chi connectivity index (χ0) is 30.0. The van der Waals surface area contributed by atoms with Crippen LogP contribution in [0, 0.1) is 5.82 Å². The van der Waals surface area contributed by atoms with Crippen LogP contribution in [-0.4, -0.2) is 54.8 Å². The summed E-state index contributed by atoms with van der Waals surface area (Å²) in [5.41, 5.74) is 3.04. The Morgan fingerprint density at radius 3 is 2.29 bits per heavy atom. The molecule has 10 heteroatoms. The van der Waals surface area contributed by atoms with Crippen LogP contribution in [0.4, 0.5) is 17.6 Å². The molecule has 3 aromatic rings. The van der Waals surface area contributed by atoms with Gasteiger partial charge in [-0.25, -0.2) is 4.39 Å². The maximum absolute atomic E-state index is 14.9. The number of nitrogens with zero attached hydrogens (tertiary/aromatic N) is 1. The van der Waals surface area contributed by atoms with Crippen molar-refractivity contribution in [2.45, 2.75) is 62.8 Å². The number of hydrogen-bond donors (Lipinski definition) is 1. The van der Waals surface area contributed by atoms with E-state index >= 15 is 0 Å². The maximum Gasteiger partial charge on any atom is 0.389 e. The third-order valence-electron chi connectivity index (χ3n) is 7.26. The van der Waals surface area contributed by atoms with Gasteiger partial charge in [-0.05, 0) is 35.1 Å². The van der Waals surface area contributed by atoms with E-state index in [0.717, 1.165) is 17.3 Å². The van der Waals surface area contributed by atoms with Crippen molar-refractivity contribution in [1.29, 1.82) is 0 Å². The summed E-state index contributed by atoms with van der Waals surface area (Å²) in [5.74, 6) is -1.53. The largest absolute Gasteiger partial charge is 0.464 e. The van der Waals surface area contributed by atoms with Gasteiger partial charge in [0.2, 0.25) is 0 Å². The molecule has 0 aliphatic carbocycles. The zero-order valence-corrected chi connectivity index (χ0v) is 23.1. The van der Waals surface area contributed by atoms with Crippen LogP contribution in [0.3, 0.4) is 0 Å². The van der Waals surface area contributed by atoms with Crippen molar-refractivity contribution >= 4 is 11.8 Å². The van der Waals surface area contributed by atoms with Crippen molar-refractivity contribution in [2.24, 2.45) is 0 Å². The minimum atomic E-state index is -4.41. The SMILES string of the molecule is O=C(Cc1cncc(F)c1CC[C@@H]1CN[C@H](COC(=O)CCC(F)(F)F)CO1)CC(c1ccccc1)c1ccccc1. The monoisotopic (exact) mass is 586 g/mol. The van der Waals surface area contributed by atoms with Gasteiger partial charge in [-0.2, -0.15) is 13.2 Å². The number of ketones is 1. The number of aromatic nitrogens is 1. The third-order valence-corrected chi connectivity index (χ3v) is 7.26. The highest BCUT2D eigenvalue weighted by Crippen LogP contribution is 2.29. The van der Waals surface area contributed by atoms with Crippen molar-refractivity contribution in [3.63, 3.8) is 0 Å². The first-order valence-electron chi connectivity index (χ1n) is 14.0. The minimum Gasteiger partial charge on any atom is -0.464 e. The fourth-order valence-corrected chi connectivity index (χ4v) is 5.02. The number of rotatable bonds is 13. The molecule has 2 atom stereocenters. The number of benzene rings is 2. The van der Waals surface area contributed by atoms with Crippen molar-refractivity contribution in [2.75, 3.05) is 19.8 Å². The van der Waals surface area contributed by atoms with Crippen LogP contribution in [0.5, 0.6) is 0 Å². The van der Waals surface area contributed by atoms with E-state index in [1.807, 2.05) is 60.7 Å². The number of halogens is 4. The molecule has 1 aliphatic rings. The average molecular weight is 587 g/mol. The van der Waals surface area contributed by atoms with E-state index in [2.05, 4.69) is 10.3 Å². The number of pyridine rings is 1. The van der Waals surface area contributed by atoms with Gasteiger partial charge in [0.05, 0.1) is 37.8 Å². The molecule has 1 aromatic heterocycles. The van der Waals surface area contributed by atoms with E-state index in [0.29, 0.717) is 30.5 Å². The van der Waals surface area contributed by atoms with Crippen LogP contribution in [0.15, 0.2) is 73.1 Å². The van der Waals surface area contributed by atoms with Gasteiger partial charge in [-0.1, -0.05) is 60.7 Å². The second kappa shape index (κ2) is 15.0. The van der Waals surface area contributed by atoms with Crippen molar-refractivity contribution in [3.05, 3.63) is 101 Å². The standard InChI is InChI=1S/C32H34F4N2O4/c33-30-19-37-17-24(15-26(39)16-29(22-7-3-1-4-8-22)23-9-5-2-6-10-23)28(30)12-11-27-18-38-25(20-41-27)21-42-31(40)13-14-32(34,35)36/h1-10,17,19,25,27,29,38H,11-16,18,20-21H2/t25-,27+/m0/s1. The topological polar surface area (TPSA) is 77.5 Å². The second-order valence-electron chi connectivity index (χ2n) is 10.4. The molecule has 1 N–H and O–H groups in total. The fraction of sp³-hybridized carbons (Fsp3) is 0.406. The first-order valence-corrected chi connectivity index (χ1v) is 14.0. The molecule has 0 saturated carbocycles. The van der Waals surface area contributed by atoms with Crippen LogP contribution >= 0.6 is 0 Å². The van der Waals surface area contributed by atoms with Gasteiger partial charge in [0.15, 0.2) is 0 Å². The zero-order valence-electron chi connectivity index (χ0n) is 23.1. The molecule has 0 bridgehead atoms. The molecule has 224 valence electrons. The lowest BCUT2D eigenvalue weighted by atomic mass is 9.85. The van der Waals surface area contributed by atoms with Crippen LogP contribution in [-0.2, 0) is 31.9 Å². The first kappa shape index (κ1) is 31.3. The van der Waals surface area contributed by atoms with Gasteiger partial charge < -0.3 is 14.8 Å². The summed E-state index contributed by atoms with van der Waals surface area (Å²) < 4.78 is 62.4. The lowest BCUT2D eigenvalue weighted by molar-refractivity contribution is -0.158. The van der Waals surface area contributed by atoms with Gasteiger partial charge in [0, 0.05) is 31.5 Å². The molecule has 0 radical (unpaired) electrons. The lowest BCUT2D eigenvalue weighted by Crippen LogP contribution is -2.49. The smallest absolute Gasteiger partial charge is 0.389 e. The lowest BCUT2D eigenvalue weighted by Gasteiger charge is -2.30. The Morgan fingerprint density at radius 2 is 1.69 bits per heavy atom. The van der Waals surface area contributed by atoms with Gasteiger partial charge >= 0.3 is 12.1 Å². The third kappa shape index (κ3) is 9.73. The molecule has 0 unspecified atom stereocenters. The predicted octanol–water partition coefficient (Wildman–Crippen LogP) is 5.73. The highest BCUT2D eigenvalue weighted by Gasteiger charge is 2.29. The van der Waals surface area contributed by atoms with Gasteiger partial charge in [0.1, 0.15) is 18.2 Å². The van der Waals surface area contributed by atoms with Crippen molar-refractivity contribution in [1.82, 2.24) is 10.3 Å². The molecule has 42 heavy (non-hydrogen) atoms. The van der Waals surface area contributed by atoms with E-state index in [-0.39, 0.29) is 49.9 Å². The van der Waals surface area contributed by atoms with Gasteiger partial charge in [0.25, 0.3) is 0 Å². The molecule has 1 saturated heterocycles. The Labute approximate surface area is 242 Å². The average Bonchev–Trinajstić information content (AvgIpc) is 2.98. The Hall–Kier alpha value is -3.63. The van der Waals surface area contributed by atoms with E-state index in [1.54, 1.807) is 6.20 Å². The highest BCUT2D eigenvalue weighted by molar-refractivity contribution is 5.82. The van der Waals surface area contributed by atoms with E-state index in [1.165, 1.54) is 0 Å². The minimum absolute atomic E-state index is 0.0236. The second-order valence-corrected chi connectivity index (χ2v) is 10.4. The molecular formula is C32H34F4N2O4. The Balaban J connectivity index is 1.29. The Morgan fingerprint density at radius 1 is 1.02 bits per heavy atom. The van der Waals surface area contributed by atoms with Crippen LogP contribution in [0.1, 0.15) is 53.9 Å². The number of ether oxygens (including phenoxy) is 2. The predicted molar refractivity (Wildman–Crippen MR) is 148 cm³/mol. The summed E-state index contributed by atoms with van der Waals surface area (Å²) in [7, 11) is 0. The molecular weight excluding hydrogens is 552 g/mol. The summed E-state index contributed by atoms with van der Waals surface area (Å²) in [6.07, 6.45) is -2.79. The molecule has 4 rings (SSSR count). The van der Waals surface area contributed by atoms with Crippen LogP contribution in [0.2, 0.25) is 0 Å². The van der Waals surface area contributed by atoms with Crippen molar-refractivity contribution in [3.8, 4) is 0 Å². The van der Waals surface area contributed by atoms with Crippen molar-refractivity contribution < 1.29 is 36.6 Å². The highest BCUT2D eigenvalue weighted by atomic mass is 19.4. The van der Waals surface area contributed by atoms with E-state index in [4.69, 9.17) is 9.47 Å².